The Labute approximate surface area is 102 Å². The highest BCUT2D eigenvalue weighted by molar-refractivity contribution is 5.70. The predicted molar refractivity (Wildman–Crippen MR) is 66.0 cm³/mol. The molecular formula is C12H19N3O2. The summed E-state index contributed by atoms with van der Waals surface area (Å²) in [4.78, 5) is 19.3. The summed E-state index contributed by atoms with van der Waals surface area (Å²) in [6.45, 7) is 3.15. The molecule has 0 aliphatic rings. The highest BCUT2D eigenvalue weighted by Gasteiger charge is 2.13. The summed E-state index contributed by atoms with van der Waals surface area (Å²) in [5.41, 5.74) is 0.760. The molecule has 0 saturated carbocycles. The number of hydrogen-bond donors (Lipinski definition) is 0. The first-order chi connectivity index (χ1) is 8.04. The van der Waals surface area contributed by atoms with Crippen LogP contribution in [-0.2, 0) is 6.54 Å². The van der Waals surface area contributed by atoms with E-state index in [1.807, 2.05) is 25.9 Å². The molecule has 0 atom stereocenters. The Bertz CT molecular complexity index is 380. The molecule has 1 aromatic heterocycles. The van der Waals surface area contributed by atoms with Crippen LogP contribution in [0, 0.1) is 0 Å². The average molecular weight is 237 g/mol. The second-order valence-corrected chi connectivity index (χ2v) is 4.07. The maximum atomic E-state index is 11.6. The molecule has 0 N–H and O–H groups in total. The largest absolute Gasteiger partial charge is 0.415 e. The van der Waals surface area contributed by atoms with Crippen molar-refractivity contribution in [3.8, 4) is 5.75 Å². The molecule has 0 saturated heterocycles. The first-order valence-electron chi connectivity index (χ1n) is 5.56. The highest BCUT2D eigenvalue weighted by atomic mass is 16.6. The van der Waals surface area contributed by atoms with Gasteiger partial charge in [0.15, 0.2) is 5.75 Å². The van der Waals surface area contributed by atoms with Gasteiger partial charge in [-0.3, -0.25) is 4.98 Å². The van der Waals surface area contributed by atoms with E-state index >= 15 is 0 Å². The van der Waals surface area contributed by atoms with Crippen molar-refractivity contribution in [2.24, 2.45) is 0 Å². The van der Waals surface area contributed by atoms with Crippen molar-refractivity contribution >= 4 is 6.09 Å². The van der Waals surface area contributed by atoms with Crippen LogP contribution in [-0.4, -0.2) is 48.6 Å². The number of carbonyl (C=O) groups is 1. The molecule has 17 heavy (non-hydrogen) atoms. The summed E-state index contributed by atoms with van der Waals surface area (Å²) in [5, 5.41) is 0. The Morgan fingerprint density at radius 3 is 2.71 bits per heavy atom. The first-order valence-corrected chi connectivity index (χ1v) is 5.56. The van der Waals surface area contributed by atoms with Crippen molar-refractivity contribution in [2.45, 2.75) is 13.5 Å². The number of nitrogens with zero attached hydrogens (tertiary/aromatic N) is 3. The molecule has 1 aromatic rings. The van der Waals surface area contributed by atoms with Gasteiger partial charge in [0, 0.05) is 26.3 Å². The van der Waals surface area contributed by atoms with E-state index in [4.69, 9.17) is 4.74 Å². The minimum atomic E-state index is -0.361. The van der Waals surface area contributed by atoms with Crippen LogP contribution >= 0.6 is 0 Å². The summed E-state index contributed by atoms with van der Waals surface area (Å²) in [6, 6.07) is 3.51. The van der Waals surface area contributed by atoms with Gasteiger partial charge in [0.2, 0.25) is 0 Å². The number of carbonyl (C=O) groups excluding carboxylic acids is 1. The van der Waals surface area contributed by atoms with E-state index < -0.39 is 0 Å². The summed E-state index contributed by atoms with van der Waals surface area (Å²) >= 11 is 0. The molecule has 0 radical (unpaired) electrons. The summed E-state index contributed by atoms with van der Waals surface area (Å²) in [5.74, 6) is 0.520. The molecule has 0 aliphatic heterocycles. The molecule has 94 valence electrons. The smallest absolute Gasteiger partial charge is 0.408 e. The SMILES string of the molecule is CCN(C)C(=O)Oc1cccnc1CN(C)C. The van der Waals surface area contributed by atoms with Crippen LogP contribution in [0.2, 0.25) is 0 Å². The van der Waals surface area contributed by atoms with Crippen molar-refractivity contribution < 1.29 is 9.53 Å². The highest BCUT2D eigenvalue weighted by Crippen LogP contribution is 2.17. The monoisotopic (exact) mass is 237 g/mol. The minimum Gasteiger partial charge on any atom is -0.408 e. The predicted octanol–water partition coefficient (Wildman–Crippen LogP) is 1.59. The Kier molecular flexibility index (Phi) is 4.90. The van der Waals surface area contributed by atoms with Crippen molar-refractivity contribution in [1.82, 2.24) is 14.8 Å². The van der Waals surface area contributed by atoms with Gasteiger partial charge < -0.3 is 14.5 Å². The van der Waals surface area contributed by atoms with Gasteiger partial charge in [-0.1, -0.05) is 0 Å². The first kappa shape index (κ1) is 13.4. The van der Waals surface area contributed by atoms with E-state index in [1.165, 1.54) is 4.90 Å². The molecule has 0 aliphatic carbocycles. The lowest BCUT2D eigenvalue weighted by atomic mass is 10.3. The maximum absolute atomic E-state index is 11.6. The molecule has 5 heteroatoms. The fourth-order valence-corrected chi connectivity index (χ4v) is 1.24. The van der Waals surface area contributed by atoms with E-state index in [9.17, 15) is 4.79 Å². The Morgan fingerprint density at radius 2 is 2.12 bits per heavy atom. The van der Waals surface area contributed by atoms with Crippen LogP contribution < -0.4 is 4.74 Å². The van der Waals surface area contributed by atoms with Gasteiger partial charge in [-0.15, -0.1) is 0 Å². The van der Waals surface area contributed by atoms with E-state index in [0.717, 1.165) is 5.69 Å². The third kappa shape index (κ3) is 4.03. The zero-order chi connectivity index (χ0) is 12.8. The van der Waals surface area contributed by atoms with Gasteiger partial charge in [-0.2, -0.15) is 0 Å². The van der Waals surface area contributed by atoms with Crippen molar-refractivity contribution in [2.75, 3.05) is 27.7 Å². The van der Waals surface area contributed by atoms with Gasteiger partial charge in [-0.05, 0) is 33.2 Å². The van der Waals surface area contributed by atoms with Gasteiger partial charge in [0.1, 0.15) is 0 Å². The molecule has 1 heterocycles. The number of hydrogen-bond acceptors (Lipinski definition) is 4. The second kappa shape index (κ2) is 6.20. The van der Waals surface area contributed by atoms with E-state index in [-0.39, 0.29) is 6.09 Å². The third-order valence-electron chi connectivity index (χ3n) is 2.30. The van der Waals surface area contributed by atoms with Crippen LogP contribution in [0.4, 0.5) is 4.79 Å². The number of amides is 1. The van der Waals surface area contributed by atoms with Crippen molar-refractivity contribution in [3.05, 3.63) is 24.0 Å². The standard InChI is InChI=1S/C12H19N3O2/c1-5-15(4)12(16)17-11-7-6-8-13-10(11)9-14(2)3/h6-8H,5,9H2,1-4H3. The zero-order valence-corrected chi connectivity index (χ0v) is 10.8. The Balaban J connectivity index is 2.79. The maximum Gasteiger partial charge on any atom is 0.415 e. The molecule has 0 spiro atoms. The Hall–Kier alpha value is -1.62. The van der Waals surface area contributed by atoms with Gasteiger partial charge in [0.05, 0.1) is 5.69 Å². The number of ether oxygens (including phenoxy) is 1. The molecule has 0 aromatic carbocycles. The zero-order valence-electron chi connectivity index (χ0n) is 10.8. The fourth-order valence-electron chi connectivity index (χ4n) is 1.24. The molecule has 1 rings (SSSR count). The van der Waals surface area contributed by atoms with E-state index in [0.29, 0.717) is 18.8 Å². The molecule has 0 fully saturated rings. The van der Waals surface area contributed by atoms with Crippen LogP contribution in [0.15, 0.2) is 18.3 Å². The topological polar surface area (TPSA) is 45.7 Å². The lowest BCUT2D eigenvalue weighted by molar-refractivity contribution is 0.164. The van der Waals surface area contributed by atoms with Crippen LogP contribution in [0.25, 0.3) is 0 Å². The average Bonchev–Trinajstić information content (AvgIpc) is 2.29. The fraction of sp³-hybridized carbons (Fsp3) is 0.500. The third-order valence-corrected chi connectivity index (χ3v) is 2.30. The number of aromatic nitrogens is 1. The number of pyridine rings is 1. The van der Waals surface area contributed by atoms with Crippen LogP contribution in [0.1, 0.15) is 12.6 Å². The van der Waals surface area contributed by atoms with Crippen molar-refractivity contribution in [3.63, 3.8) is 0 Å². The normalized spacial score (nSPS) is 10.4. The lowest BCUT2D eigenvalue weighted by Gasteiger charge is -2.16. The van der Waals surface area contributed by atoms with E-state index in [2.05, 4.69) is 4.98 Å². The second-order valence-electron chi connectivity index (χ2n) is 4.07. The molecule has 1 amide bonds. The lowest BCUT2D eigenvalue weighted by Crippen LogP contribution is -2.29. The summed E-state index contributed by atoms with van der Waals surface area (Å²) in [7, 11) is 5.58. The van der Waals surface area contributed by atoms with Crippen LogP contribution in [0.3, 0.4) is 0 Å². The van der Waals surface area contributed by atoms with E-state index in [1.54, 1.807) is 25.4 Å². The van der Waals surface area contributed by atoms with Gasteiger partial charge in [-0.25, -0.2) is 4.79 Å². The summed E-state index contributed by atoms with van der Waals surface area (Å²) in [6.07, 6.45) is 1.33. The molecule has 0 unspecified atom stereocenters. The Morgan fingerprint density at radius 1 is 1.41 bits per heavy atom. The summed E-state index contributed by atoms with van der Waals surface area (Å²) < 4.78 is 5.30. The molecule has 0 bridgehead atoms. The molecule has 5 nitrogen and oxygen atoms in total. The van der Waals surface area contributed by atoms with Crippen molar-refractivity contribution in [1.29, 1.82) is 0 Å². The quantitative estimate of drug-likeness (QED) is 0.798. The van der Waals surface area contributed by atoms with Gasteiger partial charge >= 0.3 is 6.09 Å². The van der Waals surface area contributed by atoms with Crippen LogP contribution in [0.5, 0.6) is 5.75 Å². The minimum absolute atomic E-state index is 0.361. The van der Waals surface area contributed by atoms with Gasteiger partial charge in [0.25, 0.3) is 0 Å². The number of rotatable bonds is 4. The molecular weight excluding hydrogens is 218 g/mol.